The van der Waals surface area contributed by atoms with Crippen molar-refractivity contribution >= 4 is 5.97 Å². The number of phenolic OH excluding ortho intramolecular Hbond substituents is 2. The maximum atomic E-state index is 11.2. The summed E-state index contributed by atoms with van der Waals surface area (Å²) in [6.07, 6.45) is 29.6. The maximum absolute atomic E-state index is 11.2. The summed E-state index contributed by atoms with van der Waals surface area (Å²) >= 11 is 0. The van der Waals surface area contributed by atoms with E-state index in [0.717, 1.165) is 82.3 Å². The molecule has 1 aromatic carbocycles. The minimum atomic E-state index is -1.13. The number of aromatic hydroxyl groups is 2. The SMILES string of the molecule is CC(C)=CCC/C(C)=C/CC/C(C)=C/CC/C(C)=C/CC/C(C)=C/CC/C(C)=C/CC/C(C)=C/Cc1cc(C(=O)O)cc(O)c1O. The first-order chi connectivity index (χ1) is 21.8. The fourth-order valence-corrected chi connectivity index (χ4v) is 5.17. The molecule has 0 aromatic heterocycles. The summed E-state index contributed by atoms with van der Waals surface area (Å²) in [5, 5.41) is 29.1. The summed E-state index contributed by atoms with van der Waals surface area (Å²) in [7, 11) is 0. The van der Waals surface area contributed by atoms with Crippen molar-refractivity contribution in [3.8, 4) is 11.5 Å². The Hall–Kier alpha value is -3.53. The average molecular weight is 631 g/mol. The zero-order valence-corrected chi connectivity index (χ0v) is 30.1. The molecule has 0 saturated carbocycles. The van der Waals surface area contributed by atoms with Crippen molar-refractivity contribution in [1.29, 1.82) is 0 Å². The zero-order chi connectivity index (χ0) is 34.5. The molecule has 0 fully saturated rings. The second-order valence-electron chi connectivity index (χ2n) is 13.3. The Labute approximate surface area is 280 Å². The molecule has 0 aliphatic heterocycles. The van der Waals surface area contributed by atoms with Crippen LogP contribution in [0, 0.1) is 0 Å². The van der Waals surface area contributed by atoms with Crippen molar-refractivity contribution in [1.82, 2.24) is 0 Å². The lowest BCUT2D eigenvalue weighted by Crippen LogP contribution is -1.98. The topological polar surface area (TPSA) is 77.8 Å². The molecule has 46 heavy (non-hydrogen) atoms. The Morgan fingerprint density at radius 2 is 0.848 bits per heavy atom. The fourth-order valence-electron chi connectivity index (χ4n) is 5.17. The second kappa shape index (κ2) is 22.9. The van der Waals surface area contributed by atoms with Gasteiger partial charge in [0.15, 0.2) is 11.5 Å². The number of rotatable bonds is 21. The largest absolute Gasteiger partial charge is 0.504 e. The number of aromatic carboxylic acids is 1. The molecule has 0 aliphatic rings. The van der Waals surface area contributed by atoms with E-state index >= 15 is 0 Å². The molecule has 0 atom stereocenters. The number of carboxylic acid groups (broad SMARTS) is 1. The molecule has 254 valence electrons. The van der Waals surface area contributed by atoms with E-state index in [1.54, 1.807) is 0 Å². The third-order valence-corrected chi connectivity index (χ3v) is 8.33. The summed E-state index contributed by atoms with van der Waals surface area (Å²) in [5.41, 5.74) is 10.3. The molecule has 1 aromatic rings. The molecule has 0 amide bonds. The standard InChI is InChI=1S/C42H62O4/c1-31(2)15-9-16-32(3)17-10-18-33(4)19-11-20-34(5)21-12-22-35(6)23-13-24-36(7)25-14-26-37(8)27-28-38-29-39(42(45)46)30-40(43)41(38)44/h15,17,19,21,23,25,27,29-30,43-44H,9-14,16,18,20,22,24,26,28H2,1-8H3,(H,45,46)/b32-17+,33-19+,34-21+,35-23+,36-25+,37-27+. The number of hydrogen-bond acceptors (Lipinski definition) is 3. The third kappa shape index (κ3) is 19.1. The Kier molecular flexibility index (Phi) is 20.2. The second-order valence-corrected chi connectivity index (χ2v) is 13.3. The molecule has 0 saturated heterocycles. The molecule has 0 bridgehead atoms. The predicted octanol–water partition coefficient (Wildman–Crippen LogP) is 12.7. The number of hydrogen-bond donors (Lipinski definition) is 3. The van der Waals surface area contributed by atoms with E-state index in [-0.39, 0.29) is 11.3 Å². The van der Waals surface area contributed by atoms with Gasteiger partial charge in [-0.25, -0.2) is 4.79 Å². The van der Waals surface area contributed by atoms with Gasteiger partial charge < -0.3 is 15.3 Å². The Balaban J connectivity index is 2.33. The predicted molar refractivity (Wildman–Crippen MR) is 198 cm³/mol. The highest BCUT2D eigenvalue weighted by molar-refractivity contribution is 5.89. The van der Waals surface area contributed by atoms with E-state index in [1.807, 2.05) is 13.0 Å². The highest BCUT2D eigenvalue weighted by Gasteiger charge is 2.12. The number of carbonyl (C=O) groups is 1. The van der Waals surface area contributed by atoms with E-state index in [1.165, 1.54) is 45.9 Å². The van der Waals surface area contributed by atoms with Crippen molar-refractivity contribution in [2.75, 3.05) is 0 Å². The molecule has 0 heterocycles. The molecule has 4 heteroatoms. The van der Waals surface area contributed by atoms with Gasteiger partial charge in [0, 0.05) is 5.56 Å². The number of benzene rings is 1. The Bertz CT molecular complexity index is 1320. The quantitative estimate of drug-likeness (QED) is 0.0933. The van der Waals surface area contributed by atoms with E-state index in [0.29, 0.717) is 12.0 Å². The normalized spacial score (nSPS) is 13.7. The van der Waals surface area contributed by atoms with Crippen LogP contribution < -0.4 is 0 Å². The molecular weight excluding hydrogens is 568 g/mol. The smallest absolute Gasteiger partial charge is 0.335 e. The minimum Gasteiger partial charge on any atom is -0.504 e. The number of phenols is 2. The van der Waals surface area contributed by atoms with Crippen LogP contribution in [-0.2, 0) is 6.42 Å². The van der Waals surface area contributed by atoms with Gasteiger partial charge in [-0.05, 0) is 151 Å². The molecule has 4 nitrogen and oxygen atoms in total. The fraction of sp³-hybridized carbons (Fsp3) is 0.500. The summed E-state index contributed by atoms with van der Waals surface area (Å²) in [6, 6.07) is 2.48. The van der Waals surface area contributed by atoms with Gasteiger partial charge >= 0.3 is 5.97 Å². The van der Waals surface area contributed by atoms with E-state index in [2.05, 4.69) is 84.9 Å². The molecule has 0 spiro atoms. The monoisotopic (exact) mass is 630 g/mol. The van der Waals surface area contributed by atoms with Crippen molar-refractivity contribution < 1.29 is 20.1 Å². The van der Waals surface area contributed by atoms with E-state index in [4.69, 9.17) is 0 Å². The first kappa shape index (κ1) is 40.5. The van der Waals surface area contributed by atoms with Gasteiger partial charge in [-0.1, -0.05) is 81.5 Å². The zero-order valence-electron chi connectivity index (χ0n) is 30.1. The number of allylic oxidation sites excluding steroid dienone is 14. The summed E-state index contributed by atoms with van der Waals surface area (Å²) in [6.45, 7) is 17.6. The highest BCUT2D eigenvalue weighted by atomic mass is 16.4. The van der Waals surface area contributed by atoms with Crippen LogP contribution in [0.5, 0.6) is 11.5 Å². The Morgan fingerprint density at radius 3 is 1.17 bits per heavy atom. The van der Waals surface area contributed by atoms with Crippen LogP contribution in [0.3, 0.4) is 0 Å². The van der Waals surface area contributed by atoms with Gasteiger partial charge in [-0.3, -0.25) is 0 Å². The van der Waals surface area contributed by atoms with Crippen LogP contribution in [0.2, 0.25) is 0 Å². The maximum Gasteiger partial charge on any atom is 0.335 e. The number of carboxylic acids is 1. The lowest BCUT2D eigenvalue weighted by molar-refractivity contribution is 0.0696. The molecule has 3 N–H and O–H groups in total. The van der Waals surface area contributed by atoms with Crippen LogP contribution in [-0.4, -0.2) is 21.3 Å². The first-order valence-corrected chi connectivity index (χ1v) is 17.1. The lowest BCUT2D eigenvalue weighted by atomic mass is 10.0. The van der Waals surface area contributed by atoms with Crippen molar-refractivity contribution in [3.05, 3.63) is 105 Å². The van der Waals surface area contributed by atoms with Gasteiger partial charge in [0.05, 0.1) is 5.56 Å². The Morgan fingerprint density at radius 1 is 0.522 bits per heavy atom. The van der Waals surface area contributed by atoms with E-state index < -0.39 is 11.7 Å². The molecular formula is C42H62O4. The van der Waals surface area contributed by atoms with Crippen LogP contribution in [0.25, 0.3) is 0 Å². The minimum absolute atomic E-state index is 0.0320. The molecule has 0 radical (unpaired) electrons. The lowest BCUT2D eigenvalue weighted by Gasteiger charge is -2.07. The van der Waals surface area contributed by atoms with Gasteiger partial charge in [-0.15, -0.1) is 0 Å². The molecule has 0 aliphatic carbocycles. The van der Waals surface area contributed by atoms with Gasteiger partial charge in [0.1, 0.15) is 0 Å². The highest BCUT2D eigenvalue weighted by Crippen LogP contribution is 2.31. The van der Waals surface area contributed by atoms with E-state index in [9.17, 15) is 20.1 Å². The van der Waals surface area contributed by atoms with Gasteiger partial charge in [0.2, 0.25) is 0 Å². The average Bonchev–Trinajstić information content (AvgIpc) is 2.97. The van der Waals surface area contributed by atoms with Crippen molar-refractivity contribution in [2.45, 2.75) is 139 Å². The third-order valence-electron chi connectivity index (χ3n) is 8.33. The van der Waals surface area contributed by atoms with Crippen LogP contribution in [0.4, 0.5) is 0 Å². The summed E-state index contributed by atoms with van der Waals surface area (Å²) < 4.78 is 0. The molecule has 0 unspecified atom stereocenters. The van der Waals surface area contributed by atoms with Crippen LogP contribution >= 0.6 is 0 Å². The van der Waals surface area contributed by atoms with Crippen molar-refractivity contribution in [3.63, 3.8) is 0 Å². The van der Waals surface area contributed by atoms with Crippen molar-refractivity contribution in [2.24, 2.45) is 0 Å². The molecule has 1 rings (SSSR count). The summed E-state index contributed by atoms with van der Waals surface area (Å²) in [4.78, 5) is 11.2. The van der Waals surface area contributed by atoms with Gasteiger partial charge in [0.25, 0.3) is 0 Å². The summed E-state index contributed by atoms with van der Waals surface area (Å²) in [5.74, 6) is -1.79. The van der Waals surface area contributed by atoms with Crippen LogP contribution in [0.1, 0.15) is 148 Å². The van der Waals surface area contributed by atoms with Crippen LogP contribution in [0.15, 0.2) is 93.7 Å². The first-order valence-electron chi connectivity index (χ1n) is 17.1. The van der Waals surface area contributed by atoms with Gasteiger partial charge in [-0.2, -0.15) is 0 Å².